The van der Waals surface area contributed by atoms with Gasteiger partial charge < -0.3 is 0 Å². The first-order valence-electron chi connectivity index (χ1n) is 8.31. The summed E-state index contributed by atoms with van der Waals surface area (Å²) in [6, 6.07) is 19.7. The van der Waals surface area contributed by atoms with Crippen LogP contribution in [0.15, 0.2) is 66.9 Å². The van der Waals surface area contributed by atoms with Crippen LogP contribution in [-0.4, -0.2) is 28.2 Å². The molecule has 1 saturated heterocycles. The third kappa shape index (κ3) is 2.97. The Balaban J connectivity index is 1.60. The summed E-state index contributed by atoms with van der Waals surface area (Å²) >= 11 is 0. The Morgan fingerprint density at radius 1 is 0.958 bits per heavy atom. The summed E-state index contributed by atoms with van der Waals surface area (Å²) in [6.45, 7) is 2.46. The van der Waals surface area contributed by atoms with Crippen LogP contribution in [0.1, 0.15) is 28.7 Å². The molecule has 1 N–H and O–H groups in total. The van der Waals surface area contributed by atoms with Crippen molar-refractivity contribution in [1.82, 2.24) is 15.1 Å². The highest BCUT2D eigenvalue weighted by molar-refractivity contribution is 5.28. The minimum atomic E-state index is -0.126. The van der Waals surface area contributed by atoms with E-state index in [-0.39, 0.29) is 5.82 Å². The summed E-state index contributed by atoms with van der Waals surface area (Å²) in [5.74, 6) is 0.610. The monoisotopic (exact) mass is 321 g/mol. The zero-order valence-corrected chi connectivity index (χ0v) is 13.4. The van der Waals surface area contributed by atoms with E-state index in [1.54, 1.807) is 12.3 Å². The zero-order valence-electron chi connectivity index (χ0n) is 13.4. The Hall–Kier alpha value is -2.46. The van der Waals surface area contributed by atoms with Crippen LogP contribution >= 0.6 is 0 Å². The van der Waals surface area contributed by atoms with Gasteiger partial charge in [0.2, 0.25) is 0 Å². The molecule has 0 bridgehead atoms. The van der Waals surface area contributed by atoms with Gasteiger partial charge in [0.05, 0.1) is 0 Å². The number of aromatic nitrogens is 2. The largest absolute Gasteiger partial charge is 0.298 e. The van der Waals surface area contributed by atoms with Gasteiger partial charge in [-0.15, -0.1) is 0 Å². The summed E-state index contributed by atoms with van der Waals surface area (Å²) in [7, 11) is 0. The quantitative estimate of drug-likeness (QED) is 0.789. The number of H-pyrrole nitrogens is 1. The molecule has 4 heteroatoms. The second-order valence-electron chi connectivity index (χ2n) is 6.42. The van der Waals surface area contributed by atoms with Crippen molar-refractivity contribution in [3.63, 3.8) is 0 Å². The molecule has 3 aromatic rings. The topological polar surface area (TPSA) is 31.9 Å². The van der Waals surface area contributed by atoms with Crippen molar-refractivity contribution in [2.45, 2.75) is 18.4 Å². The van der Waals surface area contributed by atoms with Gasteiger partial charge in [-0.25, -0.2) is 4.39 Å². The van der Waals surface area contributed by atoms with Gasteiger partial charge in [-0.3, -0.25) is 10.00 Å². The standard InChI is InChI=1S/C20H20FN3/c21-19-9-5-4-8-16(19)12-24-13-17(15-6-2-1-3-7-15)18(14-24)20-10-11-22-23-20/h1-11,17-18H,12-14H2,(H,22,23)/t17-,18+/m0/s1. The molecule has 0 unspecified atom stereocenters. The van der Waals surface area contributed by atoms with E-state index < -0.39 is 0 Å². The predicted molar refractivity (Wildman–Crippen MR) is 92.2 cm³/mol. The number of hydrogen-bond donors (Lipinski definition) is 1. The summed E-state index contributed by atoms with van der Waals surface area (Å²) in [5.41, 5.74) is 3.24. The second-order valence-corrected chi connectivity index (χ2v) is 6.42. The van der Waals surface area contributed by atoms with E-state index in [2.05, 4.69) is 39.4 Å². The minimum absolute atomic E-state index is 0.126. The maximum atomic E-state index is 14.0. The molecular weight excluding hydrogens is 301 g/mol. The molecule has 1 fully saturated rings. The summed E-state index contributed by atoms with van der Waals surface area (Å²) in [5, 5.41) is 7.24. The van der Waals surface area contributed by atoms with E-state index in [4.69, 9.17) is 0 Å². The highest BCUT2D eigenvalue weighted by atomic mass is 19.1. The average Bonchev–Trinajstić information content (AvgIpc) is 3.27. The van der Waals surface area contributed by atoms with Crippen molar-refractivity contribution >= 4 is 0 Å². The smallest absolute Gasteiger partial charge is 0.127 e. The van der Waals surface area contributed by atoms with Crippen LogP contribution in [0.2, 0.25) is 0 Å². The van der Waals surface area contributed by atoms with Gasteiger partial charge in [0.25, 0.3) is 0 Å². The van der Waals surface area contributed by atoms with Gasteiger partial charge >= 0.3 is 0 Å². The molecular formula is C20H20FN3. The van der Waals surface area contributed by atoms with Crippen molar-refractivity contribution in [3.05, 3.63) is 89.5 Å². The second kappa shape index (κ2) is 6.57. The molecule has 3 nitrogen and oxygen atoms in total. The van der Waals surface area contributed by atoms with Gasteiger partial charge in [-0.1, -0.05) is 48.5 Å². The highest BCUT2D eigenvalue weighted by Gasteiger charge is 2.35. The number of rotatable bonds is 4. The number of benzene rings is 2. The van der Waals surface area contributed by atoms with Gasteiger partial charge in [0, 0.05) is 48.9 Å². The van der Waals surface area contributed by atoms with Crippen LogP contribution in [0.3, 0.4) is 0 Å². The first-order chi connectivity index (χ1) is 11.8. The van der Waals surface area contributed by atoms with E-state index in [0.29, 0.717) is 18.4 Å². The SMILES string of the molecule is Fc1ccccc1CN1C[C@@H](c2ccccc2)[C@H](c2ccn[nH]2)C1. The average molecular weight is 321 g/mol. The zero-order chi connectivity index (χ0) is 16.4. The molecule has 1 aliphatic rings. The van der Waals surface area contributed by atoms with E-state index in [1.165, 1.54) is 11.6 Å². The molecule has 0 aliphatic carbocycles. The lowest BCUT2D eigenvalue weighted by molar-refractivity contribution is 0.318. The van der Waals surface area contributed by atoms with Crippen molar-refractivity contribution in [3.8, 4) is 0 Å². The van der Waals surface area contributed by atoms with Crippen molar-refractivity contribution in [2.24, 2.45) is 0 Å². The number of nitrogens with zero attached hydrogens (tertiary/aromatic N) is 2. The van der Waals surface area contributed by atoms with E-state index in [1.807, 2.05) is 24.3 Å². The molecule has 1 aromatic heterocycles. The lowest BCUT2D eigenvalue weighted by Crippen LogP contribution is -2.20. The minimum Gasteiger partial charge on any atom is -0.298 e. The van der Waals surface area contributed by atoms with Gasteiger partial charge in [-0.05, 0) is 17.7 Å². The molecule has 4 rings (SSSR count). The number of nitrogens with one attached hydrogen (secondary N) is 1. The van der Waals surface area contributed by atoms with Crippen LogP contribution in [0.5, 0.6) is 0 Å². The molecule has 0 saturated carbocycles. The van der Waals surface area contributed by atoms with Gasteiger partial charge in [-0.2, -0.15) is 5.10 Å². The summed E-state index contributed by atoms with van der Waals surface area (Å²) in [6.07, 6.45) is 1.80. The van der Waals surface area contributed by atoms with Crippen LogP contribution in [0.4, 0.5) is 4.39 Å². The fourth-order valence-corrected chi connectivity index (χ4v) is 3.71. The number of hydrogen-bond acceptors (Lipinski definition) is 2. The molecule has 2 atom stereocenters. The highest BCUT2D eigenvalue weighted by Crippen LogP contribution is 2.39. The number of aromatic amines is 1. The lowest BCUT2D eigenvalue weighted by atomic mass is 9.87. The molecule has 1 aliphatic heterocycles. The van der Waals surface area contributed by atoms with E-state index >= 15 is 0 Å². The molecule has 2 heterocycles. The third-order valence-corrected chi connectivity index (χ3v) is 4.90. The van der Waals surface area contributed by atoms with Crippen LogP contribution < -0.4 is 0 Å². The Morgan fingerprint density at radius 2 is 1.71 bits per heavy atom. The molecule has 0 spiro atoms. The molecule has 0 radical (unpaired) electrons. The third-order valence-electron chi connectivity index (χ3n) is 4.90. The van der Waals surface area contributed by atoms with E-state index in [0.717, 1.165) is 24.3 Å². The number of halogens is 1. The van der Waals surface area contributed by atoms with Crippen molar-refractivity contribution in [1.29, 1.82) is 0 Å². The fraction of sp³-hybridized carbons (Fsp3) is 0.250. The van der Waals surface area contributed by atoms with Crippen molar-refractivity contribution in [2.75, 3.05) is 13.1 Å². The molecule has 24 heavy (non-hydrogen) atoms. The molecule has 2 aromatic carbocycles. The Morgan fingerprint density at radius 3 is 2.46 bits per heavy atom. The Labute approximate surface area is 141 Å². The van der Waals surface area contributed by atoms with Crippen LogP contribution in [-0.2, 0) is 6.54 Å². The Bertz CT molecular complexity index is 786. The maximum absolute atomic E-state index is 14.0. The first-order valence-corrected chi connectivity index (χ1v) is 8.31. The Kier molecular flexibility index (Phi) is 4.13. The summed E-state index contributed by atoms with van der Waals surface area (Å²) in [4.78, 5) is 2.33. The van der Waals surface area contributed by atoms with Gasteiger partial charge in [0.15, 0.2) is 0 Å². The molecule has 122 valence electrons. The van der Waals surface area contributed by atoms with Crippen molar-refractivity contribution < 1.29 is 4.39 Å². The summed E-state index contributed by atoms with van der Waals surface area (Å²) < 4.78 is 14.0. The molecule has 0 amide bonds. The fourth-order valence-electron chi connectivity index (χ4n) is 3.71. The van der Waals surface area contributed by atoms with Crippen LogP contribution in [0.25, 0.3) is 0 Å². The van der Waals surface area contributed by atoms with Gasteiger partial charge in [0.1, 0.15) is 5.82 Å². The lowest BCUT2D eigenvalue weighted by Gasteiger charge is -2.17. The number of likely N-dealkylation sites (tertiary alicyclic amines) is 1. The van der Waals surface area contributed by atoms with E-state index in [9.17, 15) is 4.39 Å². The predicted octanol–water partition coefficient (Wildman–Crippen LogP) is 3.93. The van der Waals surface area contributed by atoms with Crippen LogP contribution in [0, 0.1) is 5.82 Å². The first kappa shape index (κ1) is 15.1. The maximum Gasteiger partial charge on any atom is 0.127 e. The normalized spacial score (nSPS) is 21.2.